The van der Waals surface area contributed by atoms with Gasteiger partial charge in [-0.25, -0.2) is 9.97 Å². The molecule has 3 N–H and O–H groups in total. The van der Waals surface area contributed by atoms with Crippen LogP contribution in [-0.4, -0.2) is 20.9 Å². The molecule has 140 valence electrons. The van der Waals surface area contributed by atoms with Crippen LogP contribution in [0.5, 0.6) is 0 Å². The minimum absolute atomic E-state index is 0.0879. The molecular weight excluding hydrogens is 352 g/mol. The zero-order valence-corrected chi connectivity index (χ0v) is 15.7. The number of nitriles is 1. The van der Waals surface area contributed by atoms with Gasteiger partial charge in [0, 0.05) is 41.9 Å². The van der Waals surface area contributed by atoms with Crippen molar-refractivity contribution in [2.75, 3.05) is 11.1 Å². The first kappa shape index (κ1) is 17.9. The van der Waals surface area contributed by atoms with Gasteiger partial charge in [-0.15, -0.1) is 0 Å². The van der Waals surface area contributed by atoms with E-state index in [1.54, 1.807) is 18.6 Å². The van der Waals surface area contributed by atoms with Crippen molar-refractivity contribution in [3.8, 4) is 17.3 Å². The Labute approximate surface area is 162 Å². The molecule has 0 radical (unpaired) electrons. The number of nitrogens with zero attached hydrogens (tertiary/aromatic N) is 4. The number of nitrogen functional groups attached to an aromatic ring is 1. The third-order valence-corrected chi connectivity index (χ3v) is 5.33. The van der Waals surface area contributed by atoms with Crippen LogP contribution in [0.1, 0.15) is 24.0 Å². The van der Waals surface area contributed by atoms with Gasteiger partial charge in [0.05, 0.1) is 11.8 Å². The fourth-order valence-corrected chi connectivity index (χ4v) is 3.53. The number of hydrogen-bond donors (Lipinski definition) is 2. The van der Waals surface area contributed by atoms with Crippen LogP contribution in [-0.2, 0) is 4.79 Å². The number of fused-ring (bicyclic) bond motifs is 1. The minimum Gasteiger partial charge on any atom is -0.383 e. The standard InChI is InChI=1S/C21H20N6O/c1-11-4-6-24-9-16(11)19-12(2)14-8-18(25-10-17(14)20(23)27-19)26-21(28)15-7-13(15)3-5-22/h4,6,8-10,13,15H,3,7H2,1-2H3,(H2,23,27)(H,25,26,28)/t13-,15-/m0/s1. The number of nitrogens with one attached hydrogen (secondary N) is 1. The molecule has 0 aromatic carbocycles. The molecule has 7 heteroatoms. The summed E-state index contributed by atoms with van der Waals surface area (Å²) in [7, 11) is 0. The van der Waals surface area contributed by atoms with Gasteiger partial charge in [0.2, 0.25) is 5.91 Å². The molecule has 3 aromatic heterocycles. The van der Waals surface area contributed by atoms with Gasteiger partial charge >= 0.3 is 0 Å². The van der Waals surface area contributed by atoms with E-state index in [4.69, 9.17) is 11.0 Å². The van der Waals surface area contributed by atoms with Crippen LogP contribution in [0.2, 0.25) is 0 Å². The van der Waals surface area contributed by atoms with Crippen molar-refractivity contribution in [1.82, 2.24) is 15.0 Å². The molecule has 2 atom stereocenters. The number of nitrogens with two attached hydrogens (primary N) is 1. The normalized spacial score (nSPS) is 17.9. The summed E-state index contributed by atoms with van der Waals surface area (Å²) in [6, 6.07) is 5.88. The lowest BCUT2D eigenvalue weighted by atomic mass is 10.00. The van der Waals surface area contributed by atoms with Gasteiger partial charge in [-0.1, -0.05) is 0 Å². The van der Waals surface area contributed by atoms with Crippen LogP contribution in [0.4, 0.5) is 11.6 Å². The average molecular weight is 372 g/mol. The predicted octanol–water partition coefficient (Wildman–Crippen LogP) is 3.38. The molecule has 3 aromatic rings. The molecule has 1 fully saturated rings. The first-order valence-corrected chi connectivity index (χ1v) is 9.14. The lowest BCUT2D eigenvalue weighted by Gasteiger charge is -2.13. The van der Waals surface area contributed by atoms with Crippen molar-refractivity contribution in [1.29, 1.82) is 5.26 Å². The molecule has 4 rings (SSSR count). The first-order valence-electron chi connectivity index (χ1n) is 9.14. The molecule has 0 aliphatic heterocycles. The number of rotatable bonds is 4. The zero-order chi connectivity index (χ0) is 19.8. The maximum Gasteiger partial charge on any atom is 0.228 e. The second-order valence-electron chi connectivity index (χ2n) is 7.23. The number of anilines is 2. The van der Waals surface area contributed by atoms with Crippen LogP contribution in [0, 0.1) is 37.0 Å². The Morgan fingerprint density at radius 2 is 2.18 bits per heavy atom. The number of carbonyl (C=O) groups is 1. The largest absolute Gasteiger partial charge is 0.383 e. The molecule has 7 nitrogen and oxygen atoms in total. The summed E-state index contributed by atoms with van der Waals surface area (Å²) in [6.45, 7) is 3.98. The number of aromatic nitrogens is 3. The molecular formula is C21H20N6O. The van der Waals surface area contributed by atoms with Gasteiger partial charge in [0.1, 0.15) is 11.6 Å². The number of hydrogen-bond acceptors (Lipinski definition) is 6. The van der Waals surface area contributed by atoms with E-state index in [9.17, 15) is 4.79 Å². The van der Waals surface area contributed by atoms with Crippen molar-refractivity contribution in [3.63, 3.8) is 0 Å². The highest BCUT2D eigenvalue weighted by atomic mass is 16.2. The molecule has 3 heterocycles. The Morgan fingerprint density at radius 3 is 2.93 bits per heavy atom. The van der Waals surface area contributed by atoms with Crippen LogP contribution >= 0.6 is 0 Å². The summed E-state index contributed by atoms with van der Waals surface area (Å²) in [5, 5.41) is 13.3. The molecule has 1 aliphatic carbocycles. The van der Waals surface area contributed by atoms with Crippen molar-refractivity contribution >= 4 is 28.3 Å². The van der Waals surface area contributed by atoms with Crippen molar-refractivity contribution < 1.29 is 4.79 Å². The SMILES string of the molecule is Cc1ccncc1-c1nc(N)c2cnc(NC(=O)[C@H]3C[C@@H]3CC#N)cc2c1C. The zero-order valence-electron chi connectivity index (χ0n) is 15.7. The molecule has 1 aliphatic rings. The third kappa shape index (κ3) is 3.14. The summed E-state index contributed by atoms with van der Waals surface area (Å²) in [5.74, 6) is 0.833. The molecule has 28 heavy (non-hydrogen) atoms. The van der Waals surface area contributed by atoms with E-state index in [2.05, 4.69) is 26.3 Å². The summed E-state index contributed by atoms with van der Waals surface area (Å²) in [6.07, 6.45) is 6.33. The van der Waals surface area contributed by atoms with Gasteiger partial charge in [0.25, 0.3) is 0 Å². The maximum atomic E-state index is 12.4. The monoisotopic (exact) mass is 372 g/mol. The molecule has 0 bridgehead atoms. The summed E-state index contributed by atoms with van der Waals surface area (Å²) in [4.78, 5) is 25.5. The number of pyridine rings is 3. The van der Waals surface area contributed by atoms with Crippen molar-refractivity contribution in [2.45, 2.75) is 26.7 Å². The van der Waals surface area contributed by atoms with Crippen molar-refractivity contribution in [2.24, 2.45) is 11.8 Å². The Morgan fingerprint density at radius 1 is 1.36 bits per heavy atom. The Kier molecular flexibility index (Phi) is 4.40. The topological polar surface area (TPSA) is 118 Å². The van der Waals surface area contributed by atoms with Crippen LogP contribution in [0.25, 0.3) is 22.0 Å². The molecule has 0 saturated heterocycles. The Balaban J connectivity index is 1.71. The first-order chi connectivity index (χ1) is 13.5. The summed E-state index contributed by atoms with van der Waals surface area (Å²) < 4.78 is 0. The second-order valence-corrected chi connectivity index (χ2v) is 7.23. The lowest BCUT2D eigenvalue weighted by Crippen LogP contribution is -2.15. The number of aryl methyl sites for hydroxylation is 2. The quantitative estimate of drug-likeness (QED) is 0.725. The molecule has 1 amide bonds. The van der Waals surface area contributed by atoms with Crippen LogP contribution < -0.4 is 11.1 Å². The third-order valence-electron chi connectivity index (χ3n) is 5.33. The van der Waals surface area contributed by atoms with E-state index >= 15 is 0 Å². The van der Waals surface area contributed by atoms with Gasteiger partial charge in [-0.2, -0.15) is 5.26 Å². The molecule has 1 saturated carbocycles. The van der Waals surface area contributed by atoms with Gasteiger partial charge in [-0.3, -0.25) is 9.78 Å². The number of carbonyl (C=O) groups excluding carboxylic acids is 1. The highest BCUT2D eigenvalue weighted by Gasteiger charge is 2.42. The van der Waals surface area contributed by atoms with Gasteiger partial charge in [-0.05, 0) is 54.8 Å². The lowest BCUT2D eigenvalue weighted by molar-refractivity contribution is -0.117. The highest BCUT2D eigenvalue weighted by molar-refractivity contribution is 6.00. The van der Waals surface area contributed by atoms with E-state index in [0.29, 0.717) is 18.1 Å². The van der Waals surface area contributed by atoms with E-state index in [-0.39, 0.29) is 17.7 Å². The Hall–Kier alpha value is -3.53. The van der Waals surface area contributed by atoms with Gasteiger partial charge in [0.15, 0.2) is 0 Å². The smallest absolute Gasteiger partial charge is 0.228 e. The van der Waals surface area contributed by atoms with Crippen molar-refractivity contribution in [3.05, 3.63) is 41.9 Å². The van der Waals surface area contributed by atoms with E-state index in [1.807, 2.05) is 26.0 Å². The van der Waals surface area contributed by atoms with E-state index in [0.717, 1.165) is 39.6 Å². The summed E-state index contributed by atoms with van der Waals surface area (Å²) >= 11 is 0. The van der Waals surface area contributed by atoms with E-state index in [1.165, 1.54) is 0 Å². The van der Waals surface area contributed by atoms with Crippen LogP contribution in [0.3, 0.4) is 0 Å². The predicted molar refractivity (Wildman–Crippen MR) is 107 cm³/mol. The Bertz CT molecular complexity index is 1130. The maximum absolute atomic E-state index is 12.4. The second kappa shape index (κ2) is 6.89. The summed E-state index contributed by atoms with van der Waals surface area (Å²) in [5.41, 5.74) is 9.89. The minimum atomic E-state index is -0.102. The average Bonchev–Trinajstić information content (AvgIpc) is 3.45. The molecule has 0 spiro atoms. The fourth-order valence-electron chi connectivity index (χ4n) is 3.53. The molecule has 0 unspecified atom stereocenters. The number of amides is 1. The van der Waals surface area contributed by atoms with Crippen LogP contribution in [0.15, 0.2) is 30.7 Å². The van der Waals surface area contributed by atoms with Gasteiger partial charge < -0.3 is 11.1 Å². The highest BCUT2D eigenvalue weighted by Crippen LogP contribution is 2.41. The van der Waals surface area contributed by atoms with E-state index < -0.39 is 0 Å². The fraction of sp³-hybridized carbons (Fsp3) is 0.286.